The van der Waals surface area contributed by atoms with Crippen LogP contribution in [0.15, 0.2) is 48.7 Å². The molecule has 1 unspecified atom stereocenters. The summed E-state index contributed by atoms with van der Waals surface area (Å²) < 4.78 is 5.95. The van der Waals surface area contributed by atoms with E-state index in [4.69, 9.17) is 4.74 Å². The van der Waals surface area contributed by atoms with E-state index in [0.717, 1.165) is 24.0 Å². The van der Waals surface area contributed by atoms with Gasteiger partial charge in [0.05, 0.1) is 0 Å². The summed E-state index contributed by atoms with van der Waals surface area (Å²) in [5, 5.41) is 5.81. The van der Waals surface area contributed by atoms with E-state index in [1.54, 1.807) is 6.20 Å². The maximum Gasteiger partial charge on any atom is 0.247 e. The number of carbonyl (C=O) groups excluding carboxylic acids is 2. The Labute approximate surface area is 178 Å². The Morgan fingerprint density at radius 2 is 1.87 bits per heavy atom. The van der Waals surface area contributed by atoms with Gasteiger partial charge < -0.3 is 15.4 Å². The van der Waals surface area contributed by atoms with Gasteiger partial charge in [0.1, 0.15) is 12.1 Å². The molecule has 0 saturated heterocycles. The van der Waals surface area contributed by atoms with Gasteiger partial charge in [-0.15, -0.1) is 0 Å². The first-order valence-corrected chi connectivity index (χ1v) is 10.7. The molecule has 30 heavy (non-hydrogen) atoms. The van der Waals surface area contributed by atoms with Crippen molar-refractivity contribution in [3.8, 4) is 5.88 Å². The molecule has 1 aliphatic carbocycles. The van der Waals surface area contributed by atoms with Gasteiger partial charge in [-0.05, 0) is 48.8 Å². The van der Waals surface area contributed by atoms with Gasteiger partial charge in [-0.2, -0.15) is 0 Å². The van der Waals surface area contributed by atoms with Crippen molar-refractivity contribution in [2.45, 2.75) is 64.6 Å². The highest BCUT2D eigenvalue weighted by atomic mass is 16.5. The average Bonchev–Trinajstić information content (AvgIpc) is 3.24. The van der Waals surface area contributed by atoms with E-state index in [-0.39, 0.29) is 23.8 Å². The Morgan fingerprint density at radius 3 is 2.57 bits per heavy atom. The van der Waals surface area contributed by atoms with Crippen molar-refractivity contribution >= 4 is 11.8 Å². The van der Waals surface area contributed by atoms with E-state index < -0.39 is 6.04 Å². The van der Waals surface area contributed by atoms with E-state index in [2.05, 4.69) is 15.6 Å². The van der Waals surface area contributed by atoms with Crippen LogP contribution < -0.4 is 15.4 Å². The minimum Gasteiger partial charge on any atom is -0.474 e. The van der Waals surface area contributed by atoms with Crippen molar-refractivity contribution in [2.75, 3.05) is 0 Å². The lowest BCUT2D eigenvalue weighted by Crippen LogP contribution is -2.40. The van der Waals surface area contributed by atoms with Crippen LogP contribution in [0, 0.1) is 5.92 Å². The SMILES string of the molecule is CC(C)CC(=O)NC(C(=O)NCc1ccnc(OC2CCCC2)c1)c1ccccc1. The molecule has 1 aromatic heterocycles. The maximum atomic E-state index is 12.9. The molecule has 2 amide bonds. The van der Waals surface area contributed by atoms with Crippen LogP contribution in [0.2, 0.25) is 0 Å². The summed E-state index contributed by atoms with van der Waals surface area (Å²) in [5.74, 6) is 0.441. The fraction of sp³-hybridized carbons (Fsp3) is 0.458. The standard InChI is InChI=1S/C24H31N3O3/c1-17(2)14-21(28)27-23(19-8-4-3-5-9-19)24(29)26-16-18-12-13-25-22(15-18)30-20-10-6-7-11-20/h3-5,8-9,12-13,15,17,20,23H,6-7,10-11,14,16H2,1-2H3,(H,26,29)(H,27,28). The summed E-state index contributed by atoms with van der Waals surface area (Å²) in [7, 11) is 0. The topological polar surface area (TPSA) is 80.3 Å². The number of hydrogen-bond acceptors (Lipinski definition) is 4. The summed E-state index contributed by atoms with van der Waals surface area (Å²) in [6, 6.07) is 12.3. The van der Waals surface area contributed by atoms with Gasteiger partial charge in [-0.1, -0.05) is 44.2 Å². The summed E-state index contributed by atoms with van der Waals surface area (Å²) in [5.41, 5.74) is 1.67. The molecule has 1 saturated carbocycles. The van der Waals surface area contributed by atoms with Crippen LogP contribution in [-0.2, 0) is 16.1 Å². The van der Waals surface area contributed by atoms with E-state index in [9.17, 15) is 9.59 Å². The molecule has 1 atom stereocenters. The highest BCUT2D eigenvalue weighted by Gasteiger charge is 2.23. The summed E-state index contributed by atoms with van der Waals surface area (Å²) in [6.45, 7) is 4.30. The van der Waals surface area contributed by atoms with Crippen molar-refractivity contribution in [1.82, 2.24) is 15.6 Å². The third-order valence-corrected chi connectivity index (χ3v) is 5.15. The average molecular weight is 410 g/mol. The molecule has 0 bridgehead atoms. The number of benzene rings is 1. The van der Waals surface area contributed by atoms with Crippen molar-refractivity contribution in [2.24, 2.45) is 5.92 Å². The van der Waals surface area contributed by atoms with Gasteiger partial charge >= 0.3 is 0 Å². The zero-order valence-electron chi connectivity index (χ0n) is 17.8. The molecule has 6 nitrogen and oxygen atoms in total. The molecular formula is C24H31N3O3. The molecule has 1 aliphatic rings. The zero-order chi connectivity index (χ0) is 21.3. The fourth-order valence-corrected chi connectivity index (χ4v) is 3.63. The first-order valence-electron chi connectivity index (χ1n) is 10.7. The van der Waals surface area contributed by atoms with Gasteiger partial charge in [-0.3, -0.25) is 9.59 Å². The van der Waals surface area contributed by atoms with E-state index >= 15 is 0 Å². The predicted molar refractivity (Wildman–Crippen MR) is 116 cm³/mol. The summed E-state index contributed by atoms with van der Waals surface area (Å²) in [6.07, 6.45) is 6.84. The fourth-order valence-electron chi connectivity index (χ4n) is 3.63. The number of carbonyl (C=O) groups is 2. The van der Waals surface area contributed by atoms with Crippen LogP contribution in [-0.4, -0.2) is 22.9 Å². The van der Waals surface area contributed by atoms with E-state index in [1.165, 1.54) is 12.8 Å². The number of pyridine rings is 1. The lowest BCUT2D eigenvalue weighted by molar-refractivity contribution is -0.129. The number of nitrogens with one attached hydrogen (secondary N) is 2. The number of rotatable bonds is 9. The molecule has 3 rings (SSSR count). The van der Waals surface area contributed by atoms with Crippen LogP contribution in [0.3, 0.4) is 0 Å². The first-order chi connectivity index (χ1) is 14.5. The molecule has 2 N–H and O–H groups in total. The van der Waals surface area contributed by atoms with Crippen molar-refractivity contribution in [1.29, 1.82) is 0 Å². The highest BCUT2D eigenvalue weighted by Crippen LogP contribution is 2.23. The number of ether oxygens (including phenoxy) is 1. The number of hydrogen-bond donors (Lipinski definition) is 2. The predicted octanol–water partition coefficient (Wildman–Crippen LogP) is 3.92. The van der Waals surface area contributed by atoms with Crippen LogP contribution in [0.1, 0.15) is 63.1 Å². The Kier molecular flexibility index (Phi) is 7.82. The maximum absolute atomic E-state index is 12.9. The van der Waals surface area contributed by atoms with Gasteiger partial charge in [0.15, 0.2) is 0 Å². The van der Waals surface area contributed by atoms with Crippen LogP contribution in [0.5, 0.6) is 5.88 Å². The Morgan fingerprint density at radius 1 is 1.13 bits per heavy atom. The quantitative estimate of drug-likeness (QED) is 0.658. The molecule has 160 valence electrons. The third-order valence-electron chi connectivity index (χ3n) is 5.15. The Hall–Kier alpha value is -2.89. The van der Waals surface area contributed by atoms with Gasteiger partial charge in [0.25, 0.3) is 0 Å². The molecular weight excluding hydrogens is 378 g/mol. The van der Waals surface area contributed by atoms with Crippen LogP contribution >= 0.6 is 0 Å². The molecule has 0 radical (unpaired) electrons. The number of amides is 2. The van der Waals surface area contributed by atoms with Gasteiger partial charge in [-0.25, -0.2) is 4.98 Å². The largest absolute Gasteiger partial charge is 0.474 e. The Bertz CT molecular complexity index is 833. The number of nitrogens with zero attached hydrogens (tertiary/aromatic N) is 1. The molecule has 1 fully saturated rings. The number of aromatic nitrogens is 1. The van der Waals surface area contributed by atoms with Crippen LogP contribution in [0.4, 0.5) is 0 Å². The van der Waals surface area contributed by atoms with Crippen molar-refractivity contribution in [3.05, 3.63) is 59.8 Å². The van der Waals surface area contributed by atoms with Gasteiger partial charge in [0.2, 0.25) is 17.7 Å². The van der Waals surface area contributed by atoms with Gasteiger partial charge in [0, 0.05) is 25.2 Å². The molecule has 6 heteroatoms. The second-order valence-electron chi connectivity index (χ2n) is 8.25. The van der Waals surface area contributed by atoms with Crippen LogP contribution in [0.25, 0.3) is 0 Å². The van der Waals surface area contributed by atoms with Crippen molar-refractivity contribution < 1.29 is 14.3 Å². The zero-order valence-corrected chi connectivity index (χ0v) is 17.8. The summed E-state index contributed by atoms with van der Waals surface area (Å²) in [4.78, 5) is 29.5. The second kappa shape index (κ2) is 10.8. The highest BCUT2D eigenvalue weighted by molar-refractivity contribution is 5.88. The normalized spacial score (nSPS) is 15.0. The minimum atomic E-state index is -0.728. The monoisotopic (exact) mass is 409 g/mol. The lowest BCUT2D eigenvalue weighted by atomic mass is 10.0. The van der Waals surface area contributed by atoms with Crippen molar-refractivity contribution in [3.63, 3.8) is 0 Å². The second-order valence-corrected chi connectivity index (χ2v) is 8.25. The molecule has 0 aliphatic heterocycles. The first kappa shape index (κ1) is 21.8. The molecule has 2 aromatic rings. The molecule has 0 spiro atoms. The third kappa shape index (κ3) is 6.58. The minimum absolute atomic E-state index is 0.134. The molecule has 1 aromatic carbocycles. The van der Waals surface area contributed by atoms with E-state index in [0.29, 0.717) is 18.8 Å². The van der Waals surface area contributed by atoms with E-state index in [1.807, 2.05) is 56.3 Å². The lowest BCUT2D eigenvalue weighted by Gasteiger charge is -2.20. The molecule has 1 heterocycles. The Balaban J connectivity index is 1.63. The summed E-state index contributed by atoms with van der Waals surface area (Å²) >= 11 is 0. The smallest absolute Gasteiger partial charge is 0.247 e.